The SMILES string of the molecule is C=CCN(Cc1cccc(C#N)c1)C(=O)C1CC(=O)N(c2cc(C)ccc2OC)C1. The van der Waals surface area contributed by atoms with Gasteiger partial charge in [-0.3, -0.25) is 9.59 Å². The third-order valence-electron chi connectivity index (χ3n) is 5.19. The van der Waals surface area contributed by atoms with Crippen LogP contribution in [0.4, 0.5) is 5.69 Å². The van der Waals surface area contributed by atoms with Crippen LogP contribution in [0.2, 0.25) is 0 Å². The summed E-state index contributed by atoms with van der Waals surface area (Å²) >= 11 is 0. The molecule has 0 aliphatic carbocycles. The number of nitrogens with zero attached hydrogens (tertiary/aromatic N) is 3. The van der Waals surface area contributed by atoms with Crippen molar-refractivity contribution in [3.8, 4) is 11.8 Å². The summed E-state index contributed by atoms with van der Waals surface area (Å²) in [6.45, 7) is 6.74. The lowest BCUT2D eigenvalue weighted by molar-refractivity contribution is -0.135. The Bertz CT molecular complexity index is 1010. The first-order valence-corrected chi connectivity index (χ1v) is 9.80. The molecule has 2 amide bonds. The van der Waals surface area contributed by atoms with Gasteiger partial charge in [0, 0.05) is 26.1 Å². The molecule has 1 fully saturated rings. The fraction of sp³-hybridized carbons (Fsp3) is 0.292. The average Bonchev–Trinajstić information content (AvgIpc) is 3.14. The Morgan fingerprint density at radius 3 is 2.87 bits per heavy atom. The molecule has 2 aromatic rings. The first kappa shape index (κ1) is 21.1. The Morgan fingerprint density at radius 2 is 2.17 bits per heavy atom. The predicted molar refractivity (Wildman–Crippen MR) is 115 cm³/mol. The molecule has 0 bridgehead atoms. The van der Waals surface area contributed by atoms with Crippen LogP contribution in [-0.2, 0) is 16.1 Å². The Balaban J connectivity index is 1.79. The standard InChI is InChI=1S/C24H25N3O3/c1-4-10-26(15-19-7-5-6-18(12-19)14-25)24(29)20-13-23(28)27(16-20)21-11-17(2)8-9-22(21)30-3/h4-9,11-12,20H,1,10,13,15-16H2,2-3H3. The fourth-order valence-electron chi connectivity index (χ4n) is 3.72. The van der Waals surface area contributed by atoms with Gasteiger partial charge in [0.1, 0.15) is 5.75 Å². The van der Waals surface area contributed by atoms with Crippen LogP contribution in [0, 0.1) is 24.2 Å². The minimum Gasteiger partial charge on any atom is -0.495 e. The fourth-order valence-corrected chi connectivity index (χ4v) is 3.72. The van der Waals surface area contributed by atoms with E-state index in [0.29, 0.717) is 36.6 Å². The smallest absolute Gasteiger partial charge is 0.228 e. The van der Waals surface area contributed by atoms with Crippen LogP contribution >= 0.6 is 0 Å². The summed E-state index contributed by atoms with van der Waals surface area (Å²) in [5.74, 6) is -0.0258. The predicted octanol–water partition coefficient (Wildman–Crippen LogP) is 3.44. The highest BCUT2D eigenvalue weighted by Crippen LogP contribution is 2.34. The molecule has 1 unspecified atom stereocenters. The number of hydrogen-bond donors (Lipinski definition) is 0. The zero-order valence-electron chi connectivity index (χ0n) is 17.3. The van der Waals surface area contributed by atoms with Crippen LogP contribution in [0.5, 0.6) is 5.75 Å². The maximum Gasteiger partial charge on any atom is 0.228 e. The summed E-state index contributed by atoms with van der Waals surface area (Å²) in [5, 5.41) is 9.11. The third kappa shape index (κ3) is 4.52. The molecule has 1 saturated heterocycles. The van der Waals surface area contributed by atoms with E-state index in [9.17, 15) is 9.59 Å². The lowest BCUT2D eigenvalue weighted by Crippen LogP contribution is -2.37. The van der Waals surface area contributed by atoms with Crippen LogP contribution in [0.25, 0.3) is 0 Å². The molecular formula is C24H25N3O3. The highest BCUT2D eigenvalue weighted by atomic mass is 16.5. The van der Waals surface area contributed by atoms with Gasteiger partial charge >= 0.3 is 0 Å². The highest BCUT2D eigenvalue weighted by molar-refractivity contribution is 6.01. The number of rotatable bonds is 7. The van der Waals surface area contributed by atoms with E-state index in [-0.39, 0.29) is 18.2 Å². The molecule has 0 radical (unpaired) electrons. The molecule has 0 N–H and O–H groups in total. The summed E-state index contributed by atoms with van der Waals surface area (Å²) < 4.78 is 5.41. The van der Waals surface area contributed by atoms with E-state index >= 15 is 0 Å². The number of nitriles is 1. The van der Waals surface area contributed by atoms with Crippen molar-refractivity contribution in [3.05, 3.63) is 71.8 Å². The van der Waals surface area contributed by atoms with Crippen molar-refractivity contribution in [2.24, 2.45) is 5.92 Å². The van der Waals surface area contributed by atoms with E-state index in [4.69, 9.17) is 10.00 Å². The number of aryl methyl sites for hydroxylation is 1. The van der Waals surface area contributed by atoms with Gasteiger partial charge in [-0.1, -0.05) is 24.3 Å². The lowest BCUT2D eigenvalue weighted by atomic mass is 10.1. The van der Waals surface area contributed by atoms with E-state index in [1.165, 1.54) is 0 Å². The van der Waals surface area contributed by atoms with Gasteiger partial charge in [-0.2, -0.15) is 5.26 Å². The first-order valence-electron chi connectivity index (χ1n) is 9.80. The van der Waals surface area contributed by atoms with Crippen molar-refractivity contribution in [2.45, 2.75) is 19.9 Å². The molecule has 6 heteroatoms. The molecule has 2 aromatic carbocycles. The topological polar surface area (TPSA) is 73.6 Å². The second kappa shape index (κ2) is 9.27. The Hall–Kier alpha value is -3.59. The summed E-state index contributed by atoms with van der Waals surface area (Å²) in [4.78, 5) is 29.3. The summed E-state index contributed by atoms with van der Waals surface area (Å²) in [7, 11) is 1.57. The number of carbonyl (C=O) groups is 2. The maximum absolute atomic E-state index is 13.2. The molecule has 1 aliphatic heterocycles. The number of benzene rings is 2. The van der Waals surface area contributed by atoms with E-state index in [1.54, 1.807) is 41.2 Å². The van der Waals surface area contributed by atoms with Gasteiger partial charge in [-0.15, -0.1) is 6.58 Å². The van der Waals surface area contributed by atoms with Crippen molar-refractivity contribution in [1.82, 2.24) is 4.90 Å². The summed E-state index contributed by atoms with van der Waals surface area (Å²) in [5.41, 5.74) is 3.12. The molecule has 154 valence electrons. The molecule has 6 nitrogen and oxygen atoms in total. The monoisotopic (exact) mass is 403 g/mol. The molecule has 3 rings (SSSR count). The normalized spacial score (nSPS) is 15.6. The summed E-state index contributed by atoms with van der Waals surface area (Å²) in [6, 6.07) is 15.0. The van der Waals surface area contributed by atoms with Crippen molar-refractivity contribution in [2.75, 3.05) is 25.1 Å². The van der Waals surface area contributed by atoms with Gasteiger partial charge in [-0.25, -0.2) is 0 Å². The molecule has 1 aliphatic rings. The van der Waals surface area contributed by atoms with E-state index in [1.807, 2.05) is 31.2 Å². The van der Waals surface area contributed by atoms with Crippen molar-refractivity contribution in [3.63, 3.8) is 0 Å². The summed E-state index contributed by atoms with van der Waals surface area (Å²) in [6.07, 6.45) is 1.83. The molecule has 0 spiro atoms. The molecule has 1 heterocycles. The zero-order chi connectivity index (χ0) is 21.7. The second-order valence-electron chi connectivity index (χ2n) is 7.40. The Kier molecular flexibility index (Phi) is 6.53. The van der Waals surface area contributed by atoms with E-state index in [2.05, 4.69) is 12.6 Å². The second-order valence-corrected chi connectivity index (χ2v) is 7.40. The van der Waals surface area contributed by atoms with Gasteiger partial charge in [0.15, 0.2) is 0 Å². The molecule has 1 atom stereocenters. The number of hydrogen-bond acceptors (Lipinski definition) is 4. The first-order chi connectivity index (χ1) is 14.5. The molecule has 30 heavy (non-hydrogen) atoms. The maximum atomic E-state index is 13.2. The van der Waals surface area contributed by atoms with Gasteiger partial charge in [0.05, 0.1) is 30.3 Å². The van der Waals surface area contributed by atoms with Crippen LogP contribution in [0.15, 0.2) is 55.1 Å². The quantitative estimate of drug-likeness (QED) is 0.664. The van der Waals surface area contributed by atoms with Crippen LogP contribution in [0.3, 0.4) is 0 Å². The number of carbonyl (C=O) groups excluding carboxylic acids is 2. The number of amides is 2. The van der Waals surface area contributed by atoms with E-state index in [0.717, 1.165) is 11.1 Å². The molecule has 0 aromatic heterocycles. The van der Waals surface area contributed by atoms with Crippen LogP contribution in [0.1, 0.15) is 23.1 Å². The third-order valence-corrected chi connectivity index (χ3v) is 5.19. The van der Waals surface area contributed by atoms with Gasteiger partial charge in [-0.05, 0) is 42.3 Å². The number of ether oxygens (including phenoxy) is 1. The van der Waals surface area contributed by atoms with Crippen molar-refractivity contribution in [1.29, 1.82) is 5.26 Å². The largest absolute Gasteiger partial charge is 0.495 e. The highest BCUT2D eigenvalue weighted by Gasteiger charge is 2.38. The van der Waals surface area contributed by atoms with Crippen LogP contribution in [-0.4, -0.2) is 36.9 Å². The minimum atomic E-state index is -0.443. The van der Waals surface area contributed by atoms with Gasteiger partial charge < -0.3 is 14.5 Å². The molecule has 0 saturated carbocycles. The number of anilines is 1. The minimum absolute atomic E-state index is 0.0951. The van der Waals surface area contributed by atoms with Gasteiger partial charge in [0.2, 0.25) is 11.8 Å². The zero-order valence-corrected chi connectivity index (χ0v) is 17.3. The van der Waals surface area contributed by atoms with E-state index < -0.39 is 5.92 Å². The molecular weight excluding hydrogens is 378 g/mol. The van der Waals surface area contributed by atoms with Crippen molar-refractivity contribution < 1.29 is 14.3 Å². The number of methoxy groups -OCH3 is 1. The Morgan fingerprint density at radius 1 is 1.37 bits per heavy atom. The lowest BCUT2D eigenvalue weighted by Gasteiger charge is -2.25. The average molecular weight is 403 g/mol. The van der Waals surface area contributed by atoms with Crippen LogP contribution < -0.4 is 9.64 Å². The van der Waals surface area contributed by atoms with Crippen molar-refractivity contribution >= 4 is 17.5 Å². The van der Waals surface area contributed by atoms with Gasteiger partial charge in [0.25, 0.3) is 0 Å². The Labute approximate surface area is 177 Å².